The molecule has 1 aromatic carbocycles. The number of pyridine rings is 1. The second-order valence-corrected chi connectivity index (χ2v) is 6.77. The quantitative estimate of drug-likeness (QED) is 0.644. The normalized spacial score (nSPS) is 15.3. The van der Waals surface area contributed by atoms with Crippen molar-refractivity contribution in [2.45, 2.75) is 44.9 Å². The van der Waals surface area contributed by atoms with Crippen LogP contribution < -0.4 is 0 Å². The minimum absolute atomic E-state index is 0.312. The van der Waals surface area contributed by atoms with Crippen LogP contribution in [0.1, 0.15) is 61.1 Å². The van der Waals surface area contributed by atoms with Crippen molar-refractivity contribution in [3.8, 4) is 5.69 Å². The summed E-state index contributed by atoms with van der Waals surface area (Å²) in [7, 11) is 0. The van der Waals surface area contributed by atoms with E-state index in [1.807, 2.05) is 22.9 Å². The summed E-state index contributed by atoms with van der Waals surface area (Å²) in [4.78, 5) is 16.4. The highest BCUT2D eigenvalue weighted by Gasteiger charge is 2.24. The summed E-state index contributed by atoms with van der Waals surface area (Å²) in [5.41, 5.74) is 3.37. The van der Waals surface area contributed by atoms with E-state index in [-0.39, 0.29) is 0 Å². The molecule has 1 aliphatic rings. The zero-order valence-corrected chi connectivity index (χ0v) is 15.0. The molecular formula is C21H23N3O2. The zero-order valence-electron chi connectivity index (χ0n) is 15.0. The smallest absolute Gasteiger partial charge is 0.356 e. The van der Waals surface area contributed by atoms with E-state index in [1.165, 1.54) is 37.8 Å². The summed E-state index contributed by atoms with van der Waals surface area (Å²) >= 11 is 0. The second-order valence-electron chi connectivity index (χ2n) is 6.77. The molecule has 5 heteroatoms. The number of esters is 1. The van der Waals surface area contributed by atoms with Crippen LogP contribution in [-0.4, -0.2) is 27.3 Å². The molecule has 0 unspecified atom stereocenters. The highest BCUT2D eigenvalue weighted by atomic mass is 16.5. The SMILES string of the molecule is CCOC(=O)c1cc2nn(-c3ccccc3)c(C3CCCCC3)c2cn1. The third-order valence-electron chi connectivity index (χ3n) is 5.07. The molecule has 0 N–H and O–H groups in total. The molecule has 2 heterocycles. The number of rotatable bonds is 4. The van der Waals surface area contributed by atoms with Crippen LogP contribution >= 0.6 is 0 Å². The lowest BCUT2D eigenvalue weighted by Crippen LogP contribution is -2.11. The van der Waals surface area contributed by atoms with Gasteiger partial charge in [0, 0.05) is 17.5 Å². The van der Waals surface area contributed by atoms with Gasteiger partial charge < -0.3 is 4.74 Å². The predicted octanol–water partition coefficient (Wildman–Crippen LogP) is 4.64. The molecule has 3 aromatic rings. The van der Waals surface area contributed by atoms with Crippen molar-refractivity contribution in [3.63, 3.8) is 0 Å². The van der Waals surface area contributed by atoms with Gasteiger partial charge >= 0.3 is 5.97 Å². The molecule has 0 atom stereocenters. The first-order chi connectivity index (χ1) is 12.8. The van der Waals surface area contributed by atoms with Gasteiger partial charge in [0.1, 0.15) is 0 Å². The van der Waals surface area contributed by atoms with Crippen LogP contribution in [0.4, 0.5) is 0 Å². The van der Waals surface area contributed by atoms with Gasteiger partial charge in [0.25, 0.3) is 0 Å². The molecule has 0 saturated heterocycles. The third kappa shape index (κ3) is 3.09. The standard InChI is InChI=1S/C21H23N3O2/c1-2-26-21(25)19-13-18-17(14-22-19)20(15-9-5-3-6-10-15)24(23-18)16-11-7-4-8-12-16/h4,7-8,11-15H,2-3,5-6,9-10H2,1H3. The molecule has 1 aliphatic carbocycles. The Morgan fingerprint density at radius 3 is 2.69 bits per heavy atom. The average Bonchev–Trinajstić information content (AvgIpc) is 3.08. The minimum atomic E-state index is -0.400. The fraction of sp³-hybridized carbons (Fsp3) is 0.381. The molecule has 5 nitrogen and oxygen atoms in total. The molecule has 0 spiro atoms. The number of carbonyl (C=O) groups excluding carboxylic acids is 1. The number of fused-ring (bicyclic) bond motifs is 1. The van der Waals surface area contributed by atoms with Crippen LogP contribution in [-0.2, 0) is 4.74 Å². The van der Waals surface area contributed by atoms with E-state index in [0.717, 1.165) is 16.6 Å². The lowest BCUT2D eigenvalue weighted by Gasteiger charge is -2.23. The maximum Gasteiger partial charge on any atom is 0.356 e. The number of carbonyl (C=O) groups is 1. The predicted molar refractivity (Wildman–Crippen MR) is 101 cm³/mol. The number of hydrogen-bond donors (Lipinski definition) is 0. The van der Waals surface area contributed by atoms with Crippen molar-refractivity contribution in [2.24, 2.45) is 0 Å². The Hall–Kier alpha value is -2.69. The highest BCUT2D eigenvalue weighted by molar-refractivity contribution is 5.92. The van der Waals surface area contributed by atoms with Gasteiger partial charge in [-0.15, -0.1) is 0 Å². The Kier molecular flexibility index (Phi) is 4.69. The maximum absolute atomic E-state index is 12.0. The van der Waals surface area contributed by atoms with Crippen molar-refractivity contribution in [1.29, 1.82) is 0 Å². The van der Waals surface area contributed by atoms with E-state index in [4.69, 9.17) is 9.84 Å². The number of aromatic nitrogens is 3. The summed E-state index contributed by atoms with van der Waals surface area (Å²) in [5, 5.41) is 5.87. The van der Waals surface area contributed by atoms with Gasteiger partial charge in [-0.05, 0) is 38.0 Å². The van der Waals surface area contributed by atoms with Gasteiger partial charge in [-0.1, -0.05) is 37.5 Å². The van der Waals surface area contributed by atoms with E-state index < -0.39 is 5.97 Å². The number of ether oxygens (including phenoxy) is 1. The Balaban J connectivity index is 1.86. The van der Waals surface area contributed by atoms with E-state index in [1.54, 1.807) is 19.2 Å². The monoisotopic (exact) mass is 349 g/mol. The molecular weight excluding hydrogens is 326 g/mol. The van der Waals surface area contributed by atoms with E-state index >= 15 is 0 Å². The van der Waals surface area contributed by atoms with Crippen LogP contribution in [0.5, 0.6) is 0 Å². The maximum atomic E-state index is 12.0. The van der Waals surface area contributed by atoms with Crippen molar-refractivity contribution >= 4 is 16.9 Å². The lowest BCUT2D eigenvalue weighted by atomic mass is 9.86. The fourth-order valence-electron chi connectivity index (χ4n) is 3.85. The van der Waals surface area contributed by atoms with Crippen LogP contribution in [0.2, 0.25) is 0 Å². The molecule has 0 bridgehead atoms. The molecule has 0 amide bonds. The Morgan fingerprint density at radius 1 is 1.19 bits per heavy atom. The lowest BCUT2D eigenvalue weighted by molar-refractivity contribution is 0.0519. The largest absolute Gasteiger partial charge is 0.461 e. The summed E-state index contributed by atoms with van der Waals surface area (Å²) in [6.45, 7) is 2.13. The molecule has 1 saturated carbocycles. The van der Waals surface area contributed by atoms with Gasteiger partial charge in [-0.3, -0.25) is 0 Å². The first-order valence-corrected chi connectivity index (χ1v) is 9.39. The van der Waals surface area contributed by atoms with Gasteiger partial charge in [-0.25, -0.2) is 14.5 Å². The van der Waals surface area contributed by atoms with Crippen molar-refractivity contribution < 1.29 is 9.53 Å². The Morgan fingerprint density at radius 2 is 1.96 bits per heavy atom. The topological polar surface area (TPSA) is 57.0 Å². The van der Waals surface area contributed by atoms with Gasteiger partial charge in [0.05, 0.1) is 23.5 Å². The Labute approximate surface area is 153 Å². The molecule has 26 heavy (non-hydrogen) atoms. The second kappa shape index (κ2) is 7.28. The summed E-state index contributed by atoms with van der Waals surface area (Å²) in [5.74, 6) is 0.0760. The highest BCUT2D eigenvalue weighted by Crippen LogP contribution is 2.37. The average molecular weight is 349 g/mol. The van der Waals surface area contributed by atoms with Crippen LogP contribution in [0.3, 0.4) is 0 Å². The molecule has 0 radical (unpaired) electrons. The zero-order chi connectivity index (χ0) is 17.9. The molecule has 2 aromatic heterocycles. The third-order valence-corrected chi connectivity index (χ3v) is 5.07. The van der Waals surface area contributed by atoms with Crippen LogP contribution in [0.15, 0.2) is 42.6 Å². The first-order valence-electron chi connectivity index (χ1n) is 9.39. The molecule has 134 valence electrons. The van der Waals surface area contributed by atoms with Crippen molar-refractivity contribution in [1.82, 2.24) is 14.8 Å². The number of nitrogens with zero attached hydrogens (tertiary/aromatic N) is 3. The van der Waals surface area contributed by atoms with Crippen LogP contribution in [0, 0.1) is 0 Å². The molecule has 1 fully saturated rings. The first kappa shape index (κ1) is 16.8. The van der Waals surface area contributed by atoms with Crippen LogP contribution in [0.25, 0.3) is 16.6 Å². The van der Waals surface area contributed by atoms with Gasteiger partial charge in [-0.2, -0.15) is 5.10 Å². The van der Waals surface area contributed by atoms with E-state index in [0.29, 0.717) is 18.2 Å². The molecule has 4 rings (SSSR count). The van der Waals surface area contributed by atoms with Gasteiger partial charge in [0.15, 0.2) is 5.69 Å². The summed E-state index contributed by atoms with van der Waals surface area (Å²) in [6.07, 6.45) is 7.94. The number of para-hydroxylation sites is 1. The van der Waals surface area contributed by atoms with Gasteiger partial charge in [0.2, 0.25) is 0 Å². The summed E-state index contributed by atoms with van der Waals surface area (Å²) < 4.78 is 7.12. The van der Waals surface area contributed by atoms with Crippen molar-refractivity contribution in [2.75, 3.05) is 6.61 Å². The number of benzene rings is 1. The summed E-state index contributed by atoms with van der Waals surface area (Å²) in [6, 6.07) is 11.9. The number of hydrogen-bond acceptors (Lipinski definition) is 4. The fourth-order valence-corrected chi connectivity index (χ4v) is 3.85. The van der Waals surface area contributed by atoms with Crippen molar-refractivity contribution in [3.05, 3.63) is 54.0 Å². The molecule has 0 aliphatic heterocycles. The minimum Gasteiger partial charge on any atom is -0.461 e. The Bertz CT molecular complexity index is 912. The van der Waals surface area contributed by atoms with E-state index in [2.05, 4.69) is 17.1 Å². The van der Waals surface area contributed by atoms with E-state index in [9.17, 15) is 4.79 Å².